The molecule has 5 rings (SSSR count). The number of likely N-dealkylation sites (tertiary alicyclic amines) is 1. The van der Waals surface area contributed by atoms with E-state index in [0.29, 0.717) is 58.0 Å². The van der Waals surface area contributed by atoms with E-state index in [1.54, 1.807) is 17.0 Å². The molecule has 9 nitrogen and oxygen atoms in total. The molecule has 2 amide bonds. The highest BCUT2D eigenvalue weighted by molar-refractivity contribution is 5.99. The summed E-state index contributed by atoms with van der Waals surface area (Å²) in [5, 5.41) is 11.9. The van der Waals surface area contributed by atoms with E-state index >= 15 is 0 Å². The van der Waals surface area contributed by atoms with Gasteiger partial charge < -0.3 is 19.4 Å². The molecule has 1 unspecified atom stereocenters. The van der Waals surface area contributed by atoms with Gasteiger partial charge in [0.2, 0.25) is 5.91 Å². The number of carbonyl (C=O) groups excluding carboxylic acids is 2. The number of rotatable bonds is 4. The van der Waals surface area contributed by atoms with E-state index < -0.39 is 11.0 Å². The average Bonchev–Trinajstić information content (AvgIpc) is 3.42. The fourth-order valence-electron chi connectivity index (χ4n) is 5.15. The highest BCUT2D eigenvalue weighted by Crippen LogP contribution is 2.32. The summed E-state index contributed by atoms with van der Waals surface area (Å²) in [5.74, 6) is -0.400. The molecule has 3 heterocycles. The average molecular weight is 465 g/mol. The number of benzene rings is 2. The van der Waals surface area contributed by atoms with Crippen LogP contribution in [0.3, 0.4) is 0 Å². The Hall–Kier alpha value is -3.46. The van der Waals surface area contributed by atoms with Gasteiger partial charge in [-0.05, 0) is 36.1 Å². The van der Waals surface area contributed by atoms with E-state index in [4.69, 9.17) is 4.74 Å². The number of carbonyl (C=O) groups is 2. The molecule has 3 aliphatic heterocycles. The molecule has 0 N–H and O–H groups in total. The summed E-state index contributed by atoms with van der Waals surface area (Å²) < 4.78 is 5.36. The van der Waals surface area contributed by atoms with Gasteiger partial charge in [0.1, 0.15) is 11.7 Å². The number of amides is 2. The number of ether oxygens (including phenoxy) is 1. The minimum Gasteiger partial charge on any atom is -0.378 e. The fourth-order valence-corrected chi connectivity index (χ4v) is 5.15. The van der Waals surface area contributed by atoms with Crippen molar-refractivity contribution in [3.63, 3.8) is 0 Å². The third kappa shape index (κ3) is 4.23. The van der Waals surface area contributed by atoms with E-state index in [9.17, 15) is 19.7 Å². The van der Waals surface area contributed by atoms with Gasteiger partial charge >= 0.3 is 0 Å². The van der Waals surface area contributed by atoms with E-state index in [-0.39, 0.29) is 23.1 Å². The minimum atomic E-state index is -0.613. The topological polar surface area (TPSA) is 96.2 Å². The van der Waals surface area contributed by atoms with Crippen molar-refractivity contribution < 1.29 is 19.2 Å². The molecule has 1 atom stereocenters. The van der Waals surface area contributed by atoms with Crippen molar-refractivity contribution >= 4 is 23.2 Å². The van der Waals surface area contributed by atoms with Crippen molar-refractivity contribution in [3.05, 3.63) is 69.3 Å². The molecule has 0 aromatic heterocycles. The second-order valence-electron chi connectivity index (χ2n) is 9.01. The Bertz CT molecular complexity index is 1110. The normalized spacial score (nSPS) is 20.2. The molecule has 9 heteroatoms. The molecule has 0 spiro atoms. The van der Waals surface area contributed by atoms with Gasteiger partial charge in [0.25, 0.3) is 11.6 Å². The number of anilines is 1. The van der Waals surface area contributed by atoms with Crippen LogP contribution in [0.1, 0.15) is 34.3 Å². The molecular formula is C25H28N4O5. The summed E-state index contributed by atoms with van der Waals surface area (Å²) in [4.78, 5) is 43.9. The number of hydrogen-bond acceptors (Lipinski definition) is 6. The number of nitro groups is 1. The van der Waals surface area contributed by atoms with Crippen molar-refractivity contribution in [2.45, 2.75) is 31.8 Å². The van der Waals surface area contributed by atoms with Crippen LogP contribution in [0, 0.1) is 10.1 Å². The van der Waals surface area contributed by atoms with E-state index in [0.717, 1.165) is 24.0 Å². The quantitative estimate of drug-likeness (QED) is 0.510. The van der Waals surface area contributed by atoms with Crippen LogP contribution in [0.4, 0.5) is 11.4 Å². The number of fused-ring (bicyclic) bond motifs is 1. The van der Waals surface area contributed by atoms with Gasteiger partial charge in [0.15, 0.2) is 0 Å². The van der Waals surface area contributed by atoms with Crippen molar-refractivity contribution in [1.82, 2.24) is 9.80 Å². The largest absolute Gasteiger partial charge is 0.378 e. The fraction of sp³-hybridized carbons (Fsp3) is 0.440. The first-order chi connectivity index (χ1) is 16.5. The lowest BCUT2D eigenvalue weighted by molar-refractivity contribution is -0.384. The van der Waals surface area contributed by atoms with E-state index in [1.165, 1.54) is 6.07 Å². The molecule has 2 fully saturated rings. The summed E-state index contributed by atoms with van der Waals surface area (Å²) in [6.07, 6.45) is 2.39. The van der Waals surface area contributed by atoms with Gasteiger partial charge in [-0.2, -0.15) is 0 Å². The summed E-state index contributed by atoms with van der Waals surface area (Å²) >= 11 is 0. The summed E-state index contributed by atoms with van der Waals surface area (Å²) in [6, 6.07) is 11.9. The summed E-state index contributed by atoms with van der Waals surface area (Å²) in [7, 11) is 0. The van der Waals surface area contributed by atoms with Crippen LogP contribution in [-0.2, 0) is 22.5 Å². The van der Waals surface area contributed by atoms with Crippen LogP contribution < -0.4 is 4.90 Å². The van der Waals surface area contributed by atoms with Crippen LogP contribution in [0.5, 0.6) is 0 Å². The molecule has 0 saturated carbocycles. The van der Waals surface area contributed by atoms with Gasteiger partial charge in [-0.3, -0.25) is 19.7 Å². The Balaban J connectivity index is 1.48. The number of hydrogen-bond donors (Lipinski definition) is 0. The molecular weight excluding hydrogens is 436 g/mol. The first-order valence-corrected chi connectivity index (χ1v) is 11.8. The molecule has 0 bridgehead atoms. The lowest BCUT2D eigenvalue weighted by Gasteiger charge is -2.38. The number of nitrogens with zero attached hydrogens (tertiary/aromatic N) is 4. The maximum atomic E-state index is 13.7. The number of nitro benzene ring substituents is 1. The Morgan fingerprint density at radius 1 is 0.971 bits per heavy atom. The highest BCUT2D eigenvalue weighted by Gasteiger charge is 2.38. The predicted molar refractivity (Wildman–Crippen MR) is 126 cm³/mol. The lowest BCUT2D eigenvalue weighted by atomic mass is 9.92. The molecule has 0 radical (unpaired) electrons. The van der Waals surface area contributed by atoms with E-state index in [1.807, 2.05) is 34.1 Å². The van der Waals surface area contributed by atoms with Crippen molar-refractivity contribution in [2.24, 2.45) is 0 Å². The monoisotopic (exact) mass is 464 g/mol. The SMILES string of the molecule is O=C(C1Cc2ccccc2CN1C(=O)c1ccc(N2CCOCC2)c([N+](=O)[O-])c1)N1CCCC1. The van der Waals surface area contributed by atoms with Crippen LogP contribution in [-0.4, -0.2) is 72.0 Å². The van der Waals surface area contributed by atoms with Crippen LogP contribution >= 0.6 is 0 Å². The third-order valence-corrected chi connectivity index (χ3v) is 6.98. The zero-order valence-corrected chi connectivity index (χ0v) is 19.0. The van der Waals surface area contributed by atoms with Gasteiger partial charge in [-0.1, -0.05) is 24.3 Å². The predicted octanol–water partition coefficient (Wildman–Crippen LogP) is 2.62. The second kappa shape index (κ2) is 9.42. The third-order valence-electron chi connectivity index (χ3n) is 6.98. The van der Waals surface area contributed by atoms with Gasteiger partial charge in [-0.15, -0.1) is 0 Å². The Kier molecular flexibility index (Phi) is 6.19. The summed E-state index contributed by atoms with van der Waals surface area (Å²) in [6.45, 7) is 3.85. The Labute approximate surface area is 198 Å². The molecule has 3 aliphatic rings. The van der Waals surface area contributed by atoms with Crippen LogP contribution in [0.15, 0.2) is 42.5 Å². The molecule has 2 saturated heterocycles. The Morgan fingerprint density at radius 2 is 1.68 bits per heavy atom. The van der Waals surface area contributed by atoms with Crippen molar-refractivity contribution in [3.8, 4) is 0 Å². The van der Waals surface area contributed by atoms with Crippen molar-refractivity contribution in [1.29, 1.82) is 0 Å². The van der Waals surface area contributed by atoms with Crippen molar-refractivity contribution in [2.75, 3.05) is 44.3 Å². The second-order valence-corrected chi connectivity index (χ2v) is 9.01. The molecule has 0 aliphatic carbocycles. The highest BCUT2D eigenvalue weighted by atomic mass is 16.6. The van der Waals surface area contributed by atoms with Gasteiger partial charge in [-0.25, -0.2) is 0 Å². The maximum absolute atomic E-state index is 13.7. The zero-order valence-electron chi connectivity index (χ0n) is 19.0. The van der Waals surface area contributed by atoms with Gasteiger partial charge in [0.05, 0.1) is 18.1 Å². The van der Waals surface area contributed by atoms with Crippen LogP contribution in [0.25, 0.3) is 0 Å². The van der Waals surface area contributed by atoms with Crippen LogP contribution in [0.2, 0.25) is 0 Å². The Morgan fingerprint density at radius 3 is 2.38 bits per heavy atom. The molecule has 2 aromatic rings. The zero-order chi connectivity index (χ0) is 23.7. The molecule has 2 aromatic carbocycles. The first kappa shape index (κ1) is 22.3. The number of morpholine rings is 1. The standard InChI is InChI=1S/C25H28N4O5/c30-24(19-7-8-21(22(16-19)29(32)33)26-11-13-34-14-12-26)28-17-20-6-2-1-5-18(20)15-23(28)25(31)27-9-3-4-10-27/h1-2,5-8,16,23H,3-4,9-15,17H2. The minimum absolute atomic E-state index is 0.0419. The van der Waals surface area contributed by atoms with Gasteiger partial charge in [0, 0.05) is 50.8 Å². The van der Waals surface area contributed by atoms with E-state index in [2.05, 4.69) is 0 Å². The first-order valence-electron chi connectivity index (χ1n) is 11.8. The molecule has 178 valence electrons. The smallest absolute Gasteiger partial charge is 0.293 e. The molecule has 34 heavy (non-hydrogen) atoms. The summed E-state index contributed by atoms with van der Waals surface area (Å²) in [5.41, 5.74) is 2.67. The lowest BCUT2D eigenvalue weighted by Crippen LogP contribution is -2.53. The maximum Gasteiger partial charge on any atom is 0.293 e.